The van der Waals surface area contributed by atoms with Crippen molar-refractivity contribution < 1.29 is 31.8 Å². The van der Waals surface area contributed by atoms with Crippen molar-refractivity contribution in [3.63, 3.8) is 0 Å². The average Bonchev–Trinajstić information content (AvgIpc) is 2.61. The number of thioether (sulfide) groups is 1. The fourth-order valence-corrected chi connectivity index (χ4v) is 3.83. The standard InChI is InChI=1S/C15H16F5NO2S/c16-13(17)7-9-3-1-4-10(24-15(18,19)20)11(9)14(13,22)23-8-12(21)5-2-6-12/h1,3-4,22H,2,5-8,21H2. The summed E-state index contributed by atoms with van der Waals surface area (Å²) in [6.07, 6.45) is 1.05. The Labute approximate surface area is 139 Å². The molecule has 1 saturated carbocycles. The number of rotatable bonds is 4. The van der Waals surface area contributed by atoms with Crippen LogP contribution >= 0.6 is 11.8 Å². The third kappa shape index (κ3) is 3.02. The zero-order chi connectivity index (χ0) is 17.8. The van der Waals surface area contributed by atoms with E-state index in [1.54, 1.807) is 0 Å². The first-order valence-electron chi connectivity index (χ1n) is 7.37. The molecule has 9 heteroatoms. The van der Waals surface area contributed by atoms with E-state index in [4.69, 9.17) is 10.5 Å². The Kier molecular flexibility index (Phi) is 4.14. The van der Waals surface area contributed by atoms with Crippen LogP contribution in [-0.4, -0.2) is 28.7 Å². The van der Waals surface area contributed by atoms with Crippen LogP contribution in [0.5, 0.6) is 0 Å². The molecule has 1 unspecified atom stereocenters. The van der Waals surface area contributed by atoms with E-state index in [1.165, 1.54) is 12.1 Å². The molecule has 2 aliphatic carbocycles. The second kappa shape index (κ2) is 5.55. The number of alkyl halides is 5. The Morgan fingerprint density at radius 2 is 1.92 bits per heavy atom. The van der Waals surface area contributed by atoms with E-state index in [1.807, 2.05) is 0 Å². The van der Waals surface area contributed by atoms with Crippen LogP contribution in [0.25, 0.3) is 0 Å². The van der Waals surface area contributed by atoms with Crippen LogP contribution in [0.2, 0.25) is 0 Å². The van der Waals surface area contributed by atoms with Crippen molar-refractivity contribution in [3.05, 3.63) is 29.3 Å². The summed E-state index contributed by atoms with van der Waals surface area (Å²) in [6, 6.07) is 3.58. The van der Waals surface area contributed by atoms with Crippen molar-refractivity contribution in [3.8, 4) is 0 Å². The molecule has 0 heterocycles. The van der Waals surface area contributed by atoms with Crippen LogP contribution in [0.1, 0.15) is 30.4 Å². The van der Waals surface area contributed by atoms with E-state index in [-0.39, 0.29) is 12.2 Å². The largest absolute Gasteiger partial charge is 0.446 e. The number of ether oxygens (including phenoxy) is 1. The number of nitrogens with two attached hydrogens (primary N) is 1. The van der Waals surface area contributed by atoms with Gasteiger partial charge in [-0.1, -0.05) is 12.1 Å². The van der Waals surface area contributed by atoms with Gasteiger partial charge in [0.05, 0.1) is 6.61 Å². The second-order valence-electron chi connectivity index (χ2n) is 6.37. The maximum absolute atomic E-state index is 14.4. The molecule has 1 aromatic rings. The lowest BCUT2D eigenvalue weighted by molar-refractivity contribution is -0.325. The quantitative estimate of drug-likeness (QED) is 0.484. The fraction of sp³-hybridized carbons (Fsp3) is 0.600. The van der Waals surface area contributed by atoms with Crippen LogP contribution in [0, 0.1) is 0 Å². The van der Waals surface area contributed by atoms with E-state index in [9.17, 15) is 27.1 Å². The smallest absolute Gasteiger partial charge is 0.357 e. The lowest BCUT2D eigenvalue weighted by Crippen LogP contribution is -2.54. The van der Waals surface area contributed by atoms with Crippen molar-refractivity contribution in [2.45, 2.75) is 53.3 Å². The number of aliphatic hydroxyl groups is 1. The van der Waals surface area contributed by atoms with E-state index in [2.05, 4.69) is 0 Å². The molecule has 24 heavy (non-hydrogen) atoms. The van der Waals surface area contributed by atoms with Crippen LogP contribution in [0.4, 0.5) is 22.0 Å². The maximum atomic E-state index is 14.4. The SMILES string of the molecule is NC1(COC2(O)c3c(cccc3SC(F)(F)F)CC2(F)F)CCC1. The number of hydrogen-bond acceptors (Lipinski definition) is 4. The van der Waals surface area contributed by atoms with Gasteiger partial charge in [-0.3, -0.25) is 0 Å². The molecule has 0 saturated heterocycles. The molecule has 0 spiro atoms. The molecule has 2 aliphatic rings. The van der Waals surface area contributed by atoms with Gasteiger partial charge in [0.25, 0.3) is 5.79 Å². The number of benzene rings is 1. The normalized spacial score (nSPS) is 27.6. The predicted octanol–water partition coefficient (Wildman–Crippen LogP) is 3.53. The van der Waals surface area contributed by atoms with Crippen molar-refractivity contribution in [2.24, 2.45) is 5.73 Å². The third-order valence-corrected chi connectivity index (χ3v) is 5.29. The lowest BCUT2D eigenvalue weighted by atomic mass is 9.78. The van der Waals surface area contributed by atoms with Crippen molar-refractivity contribution in [2.75, 3.05) is 6.61 Å². The van der Waals surface area contributed by atoms with E-state index >= 15 is 0 Å². The first-order chi connectivity index (χ1) is 11.0. The molecule has 1 fully saturated rings. The van der Waals surface area contributed by atoms with Crippen LogP contribution in [0.3, 0.4) is 0 Å². The third-order valence-electron chi connectivity index (χ3n) is 4.50. The number of fused-ring (bicyclic) bond motifs is 1. The summed E-state index contributed by atoms with van der Waals surface area (Å²) in [5.74, 6) is -6.85. The van der Waals surface area contributed by atoms with Crippen molar-refractivity contribution >= 4 is 11.8 Å². The molecule has 0 bridgehead atoms. The van der Waals surface area contributed by atoms with Crippen LogP contribution < -0.4 is 5.73 Å². The molecule has 3 N–H and O–H groups in total. The second-order valence-corrected chi connectivity index (χ2v) is 7.47. The molecule has 3 rings (SSSR count). The molecule has 1 atom stereocenters. The summed E-state index contributed by atoms with van der Waals surface area (Å²) >= 11 is -0.542. The van der Waals surface area contributed by atoms with E-state index < -0.39 is 51.4 Å². The van der Waals surface area contributed by atoms with Crippen LogP contribution in [-0.2, 0) is 16.9 Å². The highest BCUT2D eigenvalue weighted by Gasteiger charge is 2.63. The Bertz CT molecular complexity index is 647. The van der Waals surface area contributed by atoms with Gasteiger partial charge in [-0.25, -0.2) is 0 Å². The molecule has 1 aromatic carbocycles. The molecular weight excluding hydrogens is 353 g/mol. The van der Waals surface area contributed by atoms with Gasteiger partial charge in [-0.2, -0.15) is 22.0 Å². The minimum absolute atomic E-state index is 0.0589. The molecule has 0 aliphatic heterocycles. The van der Waals surface area contributed by atoms with Crippen molar-refractivity contribution in [1.82, 2.24) is 0 Å². The minimum atomic E-state index is -4.67. The summed E-state index contributed by atoms with van der Waals surface area (Å²) in [7, 11) is 0. The molecule has 0 aromatic heterocycles. The zero-order valence-electron chi connectivity index (χ0n) is 12.5. The summed E-state index contributed by atoms with van der Waals surface area (Å²) in [6.45, 7) is -0.344. The summed E-state index contributed by atoms with van der Waals surface area (Å²) in [5, 5.41) is 10.5. The van der Waals surface area contributed by atoms with Gasteiger partial charge >= 0.3 is 11.4 Å². The van der Waals surface area contributed by atoms with Crippen molar-refractivity contribution in [1.29, 1.82) is 0 Å². The summed E-state index contributed by atoms with van der Waals surface area (Å²) < 4.78 is 72.1. The van der Waals surface area contributed by atoms with Gasteiger partial charge in [0.2, 0.25) is 0 Å². The Morgan fingerprint density at radius 3 is 2.46 bits per heavy atom. The molecular formula is C15H16F5NO2S. The van der Waals surface area contributed by atoms with Gasteiger partial charge in [-0.05, 0) is 42.7 Å². The Morgan fingerprint density at radius 1 is 1.25 bits per heavy atom. The monoisotopic (exact) mass is 369 g/mol. The van der Waals surface area contributed by atoms with E-state index in [0.717, 1.165) is 12.5 Å². The highest BCUT2D eigenvalue weighted by atomic mass is 32.2. The Hall–Kier alpha value is -0.900. The fourth-order valence-electron chi connectivity index (χ4n) is 3.06. The van der Waals surface area contributed by atoms with Gasteiger partial charge in [-0.15, -0.1) is 0 Å². The highest BCUT2D eigenvalue weighted by molar-refractivity contribution is 8.00. The first kappa shape index (κ1) is 17.9. The Balaban J connectivity index is 1.97. The van der Waals surface area contributed by atoms with Gasteiger partial charge in [0, 0.05) is 22.4 Å². The molecule has 3 nitrogen and oxygen atoms in total. The first-order valence-corrected chi connectivity index (χ1v) is 8.19. The van der Waals surface area contributed by atoms with Gasteiger partial charge in [0.15, 0.2) is 0 Å². The van der Waals surface area contributed by atoms with Crippen LogP contribution in [0.15, 0.2) is 23.1 Å². The molecule has 0 amide bonds. The lowest BCUT2D eigenvalue weighted by Gasteiger charge is -2.41. The van der Waals surface area contributed by atoms with Gasteiger partial charge < -0.3 is 15.6 Å². The summed E-state index contributed by atoms with van der Waals surface area (Å²) in [5.41, 5.74) is -0.139. The number of hydrogen-bond donors (Lipinski definition) is 2. The van der Waals surface area contributed by atoms with Gasteiger partial charge in [0.1, 0.15) is 0 Å². The maximum Gasteiger partial charge on any atom is 0.446 e. The highest BCUT2D eigenvalue weighted by Crippen LogP contribution is 2.54. The topological polar surface area (TPSA) is 55.5 Å². The molecule has 0 radical (unpaired) electrons. The summed E-state index contributed by atoms with van der Waals surface area (Å²) in [4.78, 5) is -0.487. The minimum Gasteiger partial charge on any atom is -0.357 e. The molecule has 134 valence electrons. The average molecular weight is 369 g/mol. The predicted molar refractivity (Wildman–Crippen MR) is 77.6 cm³/mol. The zero-order valence-corrected chi connectivity index (χ0v) is 13.3. The van der Waals surface area contributed by atoms with E-state index in [0.29, 0.717) is 12.8 Å². The number of halogens is 5.